The van der Waals surface area contributed by atoms with Gasteiger partial charge in [0.2, 0.25) is 0 Å². The van der Waals surface area contributed by atoms with E-state index in [4.69, 9.17) is 5.73 Å². The molecule has 1 fully saturated rings. The molecule has 2 amide bonds. The Morgan fingerprint density at radius 1 is 1.42 bits per heavy atom. The Morgan fingerprint density at radius 2 is 2.11 bits per heavy atom. The standard InChI is InChI=1S/C15H23N3O/c1-3-12-4-6-13(7-5-12)14-10-18(15(19)17-14)9-11(2)8-16/h4-7,11,14H,3,8-10,16H2,1-2H3,(H,17,19). The Labute approximate surface area is 115 Å². The van der Waals surface area contributed by atoms with E-state index >= 15 is 0 Å². The van der Waals surface area contributed by atoms with E-state index in [0.29, 0.717) is 12.5 Å². The second-order valence-electron chi connectivity index (χ2n) is 5.34. The molecular weight excluding hydrogens is 238 g/mol. The molecule has 1 aliphatic heterocycles. The number of hydrogen-bond donors (Lipinski definition) is 2. The largest absolute Gasteiger partial charge is 0.330 e. The number of hydrogen-bond acceptors (Lipinski definition) is 2. The van der Waals surface area contributed by atoms with Crippen LogP contribution in [-0.2, 0) is 6.42 Å². The molecule has 1 aromatic carbocycles. The van der Waals surface area contributed by atoms with E-state index in [1.165, 1.54) is 11.1 Å². The van der Waals surface area contributed by atoms with Gasteiger partial charge in [-0.25, -0.2) is 4.79 Å². The zero-order valence-corrected chi connectivity index (χ0v) is 11.7. The number of nitrogens with zero attached hydrogens (tertiary/aromatic N) is 1. The van der Waals surface area contributed by atoms with Crippen LogP contribution in [0.4, 0.5) is 4.79 Å². The summed E-state index contributed by atoms with van der Waals surface area (Å²) >= 11 is 0. The van der Waals surface area contributed by atoms with Gasteiger partial charge in [-0.3, -0.25) is 0 Å². The SMILES string of the molecule is CCc1ccc(C2CN(CC(C)CN)C(=O)N2)cc1. The van der Waals surface area contributed by atoms with Crippen molar-refractivity contribution in [2.24, 2.45) is 11.7 Å². The number of rotatable bonds is 5. The van der Waals surface area contributed by atoms with Gasteiger partial charge in [-0.15, -0.1) is 0 Å². The van der Waals surface area contributed by atoms with E-state index in [9.17, 15) is 4.79 Å². The van der Waals surface area contributed by atoms with Crippen LogP contribution >= 0.6 is 0 Å². The van der Waals surface area contributed by atoms with Crippen molar-refractivity contribution < 1.29 is 4.79 Å². The number of carbonyl (C=O) groups is 1. The minimum atomic E-state index is 0.0184. The maximum Gasteiger partial charge on any atom is 0.318 e. The van der Waals surface area contributed by atoms with Crippen molar-refractivity contribution >= 4 is 6.03 Å². The topological polar surface area (TPSA) is 58.4 Å². The van der Waals surface area contributed by atoms with Crippen LogP contribution in [-0.4, -0.2) is 30.6 Å². The zero-order valence-electron chi connectivity index (χ0n) is 11.7. The van der Waals surface area contributed by atoms with Crippen LogP contribution < -0.4 is 11.1 Å². The Balaban J connectivity index is 2.01. The molecule has 19 heavy (non-hydrogen) atoms. The highest BCUT2D eigenvalue weighted by Gasteiger charge is 2.30. The molecule has 4 heteroatoms. The van der Waals surface area contributed by atoms with Gasteiger partial charge in [0.15, 0.2) is 0 Å². The molecule has 0 bridgehead atoms. The van der Waals surface area contributed by atoms with Crippen LogP contribution in [0, 0.1) is 5.92 Å². The maximum atomic E-state index is 11.9. The fourth-order valence-electron chi connectivity index (χ4n) is 2.37. The highest BCUT2D eigenvalue weighted by molar-refractivity contribution is 5.77. The predicted octanol–water partition coefficient (Wildman–Crippen LogP) is 1.91. The average molecular weight is 261 g/mol. The number of carbonyl (C=O) groups excluding carboxylic acids is 1. The molecule has 0 aromatic heterocycles. The van der Waals surface area contributed by atoms with E-state index in [0.717, 1.165) is 19.5 Å². The molecule has 0 radical (unpaired) electrons. The summed E-state index contributed by atoms with van der Waals surface area (Å²) in [7, 11) is 0. The molecule has 1 aliphatic rings. The van der Waals surface area contributed by atoms with E-state index in [-0.39, 0.29) is 12.1 Å². The molecular formula is C15H23N3O. The molecule has 0 spiro atoms. The van der Waals surface area contributed by atoms with Crippen molar-refractivity contribution in [3.8, 4) is 0 Å². The number of aryl methyl sites for hydroxylation is 1. The summed E-state index contributed by atoms with van der Waals surface area (Å²) in [4.78, 5) is 13.8. The number of urea groups is 1. The Kier molecular flexibility index (Phi) is 4.43. The fourth-order valence-corrected chi connectivity index (χ4v) is 2.37. The number of nitrogens with one attached hydrogen (secondary N) is 1. The lowest BCUT2D eigenvalue weighted by Gasteiger charge is -2.18. The molecule has 104 valence electrons. The highest BCUT2D eigenvalue weighted by Crippen LogP contribution is 2.21. The summed E-state index contributed by atoms with van der Waals surface area (Å²) in [6, 6.07) is 8.60. The van der Waals surface area contributed by atoms with Gasteiger partial charge < -0.3 is 16.0 Å². The second kappa shape index (κ2) is 6.06. The van der Waals surface area contributed by atoms with Crippen molar-refractivity contribution in [3.05, 3.63) is 35.4 Å². The summed E-state index contributed by atoms with van der Waals surface area (Å²) in [6.07, 6.45) is 1.04. The summed E-state index contributed by atoms with van der Waals surface area (Å²) in [5.74, 6) is 0.340. The smallest absolute Gasteiger partial charge is 0.318 e. The second-order valence-corrected chi connectivity index (χ2v) is 5.34. The molecule has 1 heterocycles. The summed E-state index contributed by atoms with van der Waals surface area (Å²) in [5.41, 5.74) is 8.11. The van der Waals surface area contributed by atoms with Crippen LogP contribution in [0.25, 0.3) is 0 Å². The van der Waals surface area contributed by atoms with Gasteiger partial charge in [-0.05, 0) is 30.0 Å². The number of amides is 2. The Morgan fingerprint density at radius 3 is 2.68 bits per heavy atom. The van der Waals surface area contributed by atoms with Gasteiger partial charge in [0.1, 0.15) is 0 Å². The maximum absolute atomic E-state index is 11.9. The van der Waals surface area contributed by atoms with Crippen LogP contribution in [0.1, 0.15) is 31.0 Å². The van der Waals surface area contributed by atoms with Crippen LogP contribution in [0.15, 0.2) is 24.3 Å². The third kappa shape index (κ3) is 3.26. The molecule has 0 saturated carbocycles. The molecule has 2 rings (SSSR count). The lowest BCUT2D eigenvalue weighted by Crippen LogP contribution is -2.34. The fraction of sp³-hybridized carbons (Fsp3) is 0.533. The van der Waals surface area contributed by atoms with Crippen molar-refractivity contribution in [1.82, 2.24) is 10.2 Å². The summed E-state index contributed by atoms with van der Waals surface area (Å²) in [5, 5.41) is 3.03. The monoisotopic (exact) mass is 261 g/mol. The van der Waals surface area contributed by atoms with Crippen molar-refractivity contribution in [1.29, 1.82) is 0 Å². The summed E-state index contributed by atoms with van der Waals surface area (Å²) < 4.78 is 0. The first kappa shape index (κ1) is 13.9. The average Bonchev–Trinajstić information content (AvgIpc) is 2.80. The van der Waals surface area contributed by atoms with Gasteiger partial charge in [-0.1, -0.05) is 38.1 Å². The molecule has 1 aromatic rings. The normalized spacial score (nSPS) is 20.5. The minimum Gasteiger partial charge on any atom is -0.330 e. The van der Waals surface area contributed by atoms with E-state index in [1.807, 2.05) is 4.90 Å². The van der Waals surface area contributed by atoms with Gasteiger partial charge >= 0.3 is 6.03 Å². The van der Waals surface area contributed by atoms with E-state index in [1.54, 1.807) is 0 Å². The van der Waals surface area contributed by atoms with Gasteiger partial charge in [0.05, 0.1) is 6.04 Å². The first-order valence-electron chi connectivity index (χ1n) is 6.98. The van der Waals surface area contributed by atoms with Crippen LogP contribution in [0.5, 0.6) is 0 Å². The third-order valence-corrected chi connectivity index (χ3v) is 3.71. The Hall–Kier alpha value is -1.55. The lowest BCUT2D eigenvalue weighted by molar-refractivity contribution is 0.211. The first-order chi connectivity index (χ1) is 9.13. The van der Waals surface area contributed by atoms with Gasteiger partial charge in [0.25, 0.3) is 0 Å². The molecule has 4 nitrogen and oxygen atoms in total. The van der Waals surface area contributed by atoms with Gasteiger partial charge in [-0.2, -0.15) is 0 Å². The predicted molar refractivity (Wildman–Crippen MR) is 76.9 cm³/mol. The van der Waals surface area contributed by atoms with E-state index < -0.39 is 0 Å². The third-order valence-electron chi connectivity index (χ3n) is 3.71. The summed E-state index contributed by atoms with van der Waals surface area (Å²) in [6.45, 7) is 6.28. The first-order valence-corrected chi connectivity index (χ1v) is 6.98. The van der Waals surface area contributed by atoms with Crippen LogP contribution in [0.3, 0.4) is 0 Å². The zero-order chi connectivity index (χ0) is 13.8. The number of nitrogens with two attached hydrogens (primary N) is 1. The van der Waals surface area contributed by atoms with Crippen LogP contribution in [0.2, 0.25) is 0 Å². The molecule has 2 unspecified atom stereocenters. The highest BCUT2D eigenvalue weighted by atomic mass is 16.2. The molecule has 0 aliphatic carbocycles. The molecule has 1 saturated heterocycles. The lowest BCUT2D eigenvalue weighted by atomic mass is 10.0. The van der Waals surface area contributed by atoms with Crippen molar-refractivity contribution in [2.75, 3.05) is 19.6 Å². The minimum absolute atomic E-state index is 0.0184. The quantitative estimate of drug-likeness (QED) is 0.850. The van der Waals surface area contributed by atoms with Crippen molar-refractivity contribution in [3.63, 3.8) is 0 Å². The number of benzene rings is 1. The molecule has 3 N–H and O–H groups in total. The van der Waals surface area contributed by atoms with E-state index in [2.05, 4.69) is 43.4 Å². The molecule has 2 atom stereocenters. The van der Waals surface area contributed by atoms with Gasteiger partial charge in [0, 0.05) is 13.1 Å². The Bertz CT molecular complexity index is 430. The van der Waals surface area contributed by atoms with Crippen molar-refractivity contribution in [2.45, 2.75) is 26.3 Å².